The van der Waals surface area contributed by atoms with Crippen molar-refractivity contribution in [3.05, 3.63) is 53.9 Å². The molecule has 0 unspecified atom stereocenters. The Morgan fingerprint density at radius 1 is 1.24 bits per heavy atom. The molecule has 4 nitrogen and oxygen atoms in total. The summed E-state index contributed by atoms with van der Waals surface area (Å²) in [5, 5.41) is 9.24. The van der Waals surface area contributed by atoms with Crippen molar-refractivity contribution in [1.82, 2.24) is 4.57 Å². The highest BCUT2D eigenvalue weighted by molar-refractivity contribution is 5.89. The molecule has 1 saturated carbocycles. The fourth-order valence-electron chi connectivity index (χ4n) is 2.61. The SMILES string of the molecule is O=C(O)c1ccn(CCCOc2ccccc2)c1C1CC1. The molecule has 0 atom stereocenters. The molecule has 4 heteroatoms. The molecule has 1 aliphatic rings. The smallest absolute Gasteiger partial charge is 0.337 e. The van der Waals surface area contributed by atoms with Crippen molar-refractivity contribution < 1.29 is 14.6 Å². The molecule has 0 bridgehead atoms. The molecule has 110 valence electrons. The Bertz CT molecular complexity index is 614. The van der Waals surface area contributed by atoms with Crippen LogP contribution in [0.15, 0.2) is 42.6 Å². The number of carboxylic acids is 1. The van der Waals surface area contributed by atoms with E-state index in [0.29, 0.717) is 18.1 Å². The number of carbonyl (C=O) groups is 1. The predicted molar refractivity (Wildman–Crippen MR) is 79.9 cm³/mol. The van der Waals surface area contributed by atoms with Gasteiger partial charge >= 0.3 is 5.97 Å². The monoisotopic (exact) mass is 285 g/mol. The molecule has 1 N–H and O–H groups in total. The highest BCUT2D eigenvalue weighted by Gasteiger charge is 2.31. The first kappa shape index (κ1) is 13.7. The van der Waals surface area contributed by atoms with Gasteiger partial charge in [0.05, 0.1) is 12.2 Å². The van der Waals surface area contributed by atoms with Gasteiger partial charge in [0.15, 0.2) is 0 Å². The van der Waals surface area contributed by atoms with Crippen molar-refractivity contribution in [3.63, 3.8) is 0 Å². The van der Waals surface area contributed by atoms with Gasteiger partial charge in [-0.2, -0.15) is 0 Å². The van der Waals surface area contributed by atoms with Gasteiger partial charge in [0.2, 0.25) is 0 Å². The fraction of sp³-hybridized carbons (Fsp3) is 0.353. The summed E-state index contributed by atoms with van der Waals surface area (Å²) < 4.78 is 7.75. The van der Waals surface area contributed by atoms with Crippen LogP contribution in [-0.2, 0) is 6.54 Å². The average Bonchev–Trinajstić information content (AvgIpc) is 3.24. The Balaban J connectivity index is 1.57. The number of aryl methyl sites for hydroxylation is 1. The van der Waals surface area contributed by atoms with Crippen molar-refractivity contribution >= 4 is 5.97 Å². The zero-order chi connectivity index (χ0) is 14.7. The third-order valence-corrected chi connectivity index (χ3v) is 3.76. The summed E-state index contributed by atoms with van der Waals surface area (Å²) in [4.78, 5) is 11.2. The molecule has 0 saturated heterocycles. The van der Waals surface area contributed by atoms with Gasteiger partial charge in [-0.1, -0.05) is 18.2 Å². The maximum absolute atomic E-state index is 11.2. The van der Waals surface area contributed by atoms with E-state index in [0.717, 1.165) is 37.3 Å². The first-order valence-electron chi connectivity index (χ1n) is 7.36. The molecular weight excluding hydrogens is 266 g/mol. The van der Waals surface area contributed by atoms with E-state index >= 15 is 0 Å². The van der Waals surface area contributed by atoms with Crippen LogP contribution in [0.5, 0.6) is 5.75 Å². The Kier molecular flexibility index (Phi) is 3.95. The van der Waals surface area contributed by atoms with Gasteiger partial charge < -0.3 is 14.4 Å². The predicted octanol–water partition coefficient (Wildman–Crippen LogP) is 3.53. The molecular formula is C17H19NO3. The average molecular weight is 285 g/mol. The van der Waals surface area contributed by atoms with E-state index < -0.39 is 5.97 Å². The first-order valence-corrected chi connectivity index (χ1v) is 7.36. The molecule has 1 aromatic heterocycles. The highest BCUT2D eigenvalue weighted by Crippen LogP contribution is 2.42. The molecule has 3 rings (SSSR count). The number of benzene rings is 1. The van der Waals surface area contributed by atoms with Crippen LogP contribution < -0.4 is 4.74 Å². The number of ether oxygens (including phenoxy) is 1. The number of hydrogen-bond acceptors (Lipinski definition) is 2. The lowest BCUT2D eigenvalue weighted by Gasteiger charge is -2.10. The Morgan fingerprint density at radius 3 is 2.67 bits per heavy atom. The summed E-state index contributed by atoms with van der Waals surface area (Å²) in [6.45, 7) is 1.43. The van der Waals surface area contributed by atoms with Gasteiger partial charge in [0.25, 0.3) is 0 Å². The van der Waals surface area contributed by atoms with Gasteiger partial charge in [-0.3, -0.25) is 0 Å². The zero-order valence-corrected chi connectivity index (χ0v) is 11.9. The minimum atomic E-state index is -0.823. The molecule has 2 aromatic rings. The number of aromatic nitrogens is 1. The Hall–Kier alpha value is -2.23. The second-order valence-electron chi connectivity index (χ2n) is 5.40. The summed E-state index contributed by atoms with van der Waals surface area (Å²) in [6, 6.07) is 11.5. The van der Waals surface area contributed by atoms with Crippen LogP contribution in [-0.4, -0.2) is 22.2 Å². The van der Waals surface area contributed by atoms with E-state index in [1.165, 1.54) is 0 Å². The lowest BCUT2D eigenvalue weighted by atomic mass is 10.2. The minimum Gasteiger partial charge on any atom is -0.494 e. The summed E-state index contributed by atoms with van der Waals surface area (Å²) in [5.41, 5.74) is 1.45. The second kappa shape index (κ2) is 6.04. The molecule has 0 amide bonds. The first-order chi connectivity index (χ1) is 10.3. The van der Waals surface area contributed by atoms with Crippen LogP contribution >= 0.6 is 0 Å². The van der Waals surface area contributed by atoms with Crippen LogP contribution in [0.3, 0.4) is 0 Å². The van der Waals surface area contributed by atoms with Gasteiger partial charge in [-0.15, -0.1) is 0 Å². The van der Waals surface area contributed by atoms with E-state index in [9.17, 15) is 9.90 Å². The quantitative estimate of drug-likeness (QED) is 0.792. The lowest BCUT2D eigenvalue weighted by molar-refractivity contribution is 0.0695. The second-order valence-corrected chi connectivity index (χ2v) is 5.40. The van der Waals surface area contributed by atoms with Crippen LogP contribution in [0.1, 0.15) is 41.2 Å². The largest absolute Gasteiger partial charge is 0.494 e. The number of para-hydroxylation sites is 1. The molecule has 21 heavy (non-hydrogen) atoms. The van der Waals surface area contributed by atoms with Crippen LogP contribution in [0.2, 0.25) is 0 Å². The third kappa shape index (κ3) is 3.27. The van der Waals surface area contributed by atoms with Crippen molar-refractivity contribution in [2.45, 2.75) is 31.7 Å². The van der Waals surface area contributed by atoms with E-state index in [1.807, 2.05) is 36.5 Å². The number of rotatable bonds is 7. The van der Waals surface area contributed by atoms with Crippen molar-refractivity contribution in [2.24, 2.45) is 0 Å². The molecule has 1 aromatic carbocycles. The number of hydrogen-bond donors (Lipinski definition) is 1. The van der Waals surface area contributed by atoms with Gasteiger partial charge in [-0.05, 0) is 37.5 Å². The zero-order valence-electron chi connectivity index (χ0n) is 11.9. The van der Waals surface area contributed by atoms with Gasteiger partial charge in [0, 0.05) is 24.4 Å². The minimum absolute atomic E-state index is 0.432. The molecule has 1 heterocycles. The lowest BCUT2D eigenvalue weighted by Crippen LogP contribution is -2.08. The van der Waals surface area contributed by atoms with Crippen LogP contribution in [0.4, 0.5) is 0 Å². The van der Waals surface area contributed by atoms with Gasteiger partial charge in [-0.25, -0.2) is 4.79 Å². The van der Waals surface area contributed by atoms with E-state index in [1.54, 1.807) is 6.07 Å². The van der Waals surface area contributed by atoms with Crippen LogP contribution in [0.25, 0.3) is 0 Å². The number of nitrogens with zero attached hydrogens (tertiary/aromatic N) is 1. The van der Waals surface area contributed by atoms with E-state index in [2.05, 4.69) is 4.57 Å². The number of aromatic carboxylic acids is 1. The molecule has 0 spiro atoms. The highest BCUT2D eigenvalue weighted by atomic mass is 16.5. The summed E-state index contributed by atoms with van der Waals surface area (Å²) >= 11 is 0. The third-order valence-electron chi connectivity index (χ3n) is 3.76. The van der Waals surface area contributed by atoms with Gasteiger partial charge in [0.1, 0.15) is 5.75 Å². The summed E-state index contributed by atoms with van der Waals surface area (Å²) in [7, 11) is 0. The van der Waals surface area contributed by atoms with E-state index in [-0.39, 0.29) is 0 Å². The maximum Gasteiger partial charge on any atom is 0.337 e. The summed E-state index contributed by atoms with van der Waals surface area (Å²) in [5.74, 6) is 0.482. The standard InChI is InChI=1S/C17H19NO3/c19-17(20)15-9-11-18(16(15)13-7-8-13)10-4-12-21-14-5-2-1-3-6-14/h1-3,5-6,9,11,13H,4,7-8,10,12H2,(H,19,20). The summed E-state index contributed by atoms with van der Waals surface area (Å²) in [6.07, 6.45) is 4.96. The normalized spacial score (nSPS) is 14.1. The maximum atomic E-state index is 11.2. The Morgan fingerprint density at radius 2 is 2.00 bits per heavy atom. The Labute approximate surface area is 124 Å². The van der Waals surface area contributed by atoms with Crippen molar-refractivity contribution in [2.75, 3.05) is 6.61 Å². The van der Waals surface area contributed by atoms with E-state index in [4.69, 9.17) is 4.74 Å². The molecule has 1 aliphatic carbocycles. The topological polar surface area (TPSA) is 51.5 Å². The molecule has 1 fully saturated rings. The van der Waals surface area contributed by atoms with Crippen molar-refractivity contribution in [1.29, 1.82) is 0 Å². The van der Waals surface area contributed by atoms with Crippen molar-refractivity contribution in [3.8, 4) is 5.75 Å². The molecule has 0 aliphatic heterocycles. The fourth-order valence-corrected chi connectivity index (χ4v) is 2.61. The number of carboxylic acid groups (broad SMARTS) is 1. The van der Waals surface area contributed by atoms with Crippen LogP contribution in [0, 0.1) is 0 Å². The molecule has 0 radical (unpaired) electrons.